The van der Waals surface area contributed by atoms with Crippen molar-refractivity contribution in [1.82, 2.24) is 9.97 Å². The van der Waals surface area contributed by atoms with Crippen LogP contribution in [-0.2, 0) is 10.8 Å². The zero-order valence-electron chi connectivity index (χ0n) is 17.8. The zero-order valence-corrected chi connectivity index (χ0v) is 17.8. The van der Waals surface area contributed by atoms with E-state index in [0.717, 1.165) is 23.1 Å². The number of benzene rings is 1. The van der Waals surface area contributed by atoms with Crippen LogP contribution in [0.3, 0.4) is 0 Å². The van der Waals surface area contributed by atoms with E-state index in [1.54, 1.807) is 7.11 Å². The molecule has 0 aliphatic carbocycles. The number of nitrogens with zero attached hydrogens (tertiary/aromatic N) is 2. The highest BCUT2D eigenvalue weighted by atomic mass is 16.5. The summed E-state index contributed by atoms with van der Waals surface area (Å²) >= 11 is 0. The fourth-order valence-electron chi connectivity index (χ4n) is 3.62. The third-order valence-electron chi connectivity index (χ3n) is 5.58. The maximum Gasteiger partial charge on any atom is 0.236 e. The molecule has 3 heteroatoms. The largest absolute Gasteiger partial charge is 0.480 e. The lowest BCUT2D eigenvalue weighted by Crippen LogP contribution is -2.22. The van der Waals surface area contributed by atoms with E-state index in [1.165, 1.54) is 37.7 Å². The molecule has 1 aromatic heterocycles. The highest BCUT2D eigenvalue weighted by Crippen LogP contribution is 2.38. The molecule has 0 aliphatic heterocycles. The maximum absolute atomic E-state index is 5.62. The predicted molar refractivity (Wildman–Crippen MR) is 111 cm³/mol. The molecule has 2 rings (SSSR count). The molecule has 0 aliphatic rings. The standard InChI is InChI=1S/C23H36N2O/c1-8-10-11-12-16-23(6,9-2)17-14-13-15-18-19(17)25-21(26-7)20(24-18)22(3,4)5/h13-15H,8-12,16H2,1-7H3. The van der Waals surface area contributed by atoms with Crippen LogP contribution in [0.2, 0.25) is 0 Å². The van der Waals surface area contributed by atoms with Crippen molar-refractivity contribution >= 4 is 11.0 Å². The normalized spacial score (nSPS) is 14.4. The minimum atomic E-state index is -0.100. The van der Waals surface area contributed by atoms with Crippen LogP contribution < -0.4 is 4.74 Å². The highest BCUT2D eigenvalue weighted by Gasteiger charge is 2.29. The van der Waals surface area contributed by atoms with E-state index in [-0.39, 0.29) is 10.8 Å². The summed E-state index contributed by atoms with van der Waals surface area (Å²) in [6.45, 7) is 13.4. The van der Waals surface area contributed by atoms with Crippen molar-refractivity contribution < 1.29 is 4.74 Å². The third-order valence-corrected chi connectivity index (χ3v) is 5.58. The third kappa shape index (κ3) is 4.36. The summed E-state index contributed by atoms with van der Waals surface area (Å²) in [7, 11) is 1.69. The molecule has 1 atom stereocenters. The van der Waals surface area contributed by atoms with E-state index in [0.29, 0.717) is 5.88 Å². The van der Waals surface area contributed by atoms with Crippen LogP contribution in [0, 0.1) is 0 Å². The van der Waals surface area contributed by atoms with Gasteiger partial charge in [-0.15, -0.1) is 0 Å². The number of ether oxygens (including phenoxy) is 1. The van der Waals surface area contributed by atoms with Crippen LogP contribution in [0.1, 0.15) is 91.3 Å². The maximum atomic E-state index is 5.62. The minimum Gasteiger partial charge on any atom is -0.480 e. The Kier molecular flexibility index (Phi) is 6.65. The van der Waals surface area contributed by atoms with Crippen LogP contribution >= 0.6 is 0 Å². The smallest absolute Gasteiger partial charge is 0.236 e. The lowest BCUT2D eigenvalue weighted by molar-refractivity contribution is 0.375. The Balaban J connectivity index is 2.53. The minimum absolute atomic E-state index is 0.100. The van der Waals surface area contributed by atoms with E-state index in [4.69, 9.17) is 14.7 Å². The number of fused-ring (bicyclic) bond motifs is 1. The number of hydrogen-bond acceptors (Lipinski definition) is 3. The Bertz CT molecular complexity index is 733. The quantitative estimate of drug-likeness (QED) is 0.501. The Labute approximate surface area is 159 Å². The van der Waals surface area contributed by atoms with Gasteiger partial charge in [0.1, 0.15) is 5.69 Å². The van der Waals surface area contributed by atoms with Gasteiger partial charge in [0.05, 0.1) is 18.1 Å². The first-order valence-corrected chi connectivity index (χ1v) is 10.1. The Morgan fingerprint density at radius 1 is 0.962 bits per heavy atom. The van der Waals surface area contributed by atoms with Crippen molar-refractivity contribution in [3.8, 4) is 5.88 Å². The zero-order chi connectivity index (χ0) is 19.4. The Hall–Kier alpha value is -1.64. The van der Waals surface area contributed by atoms with E-state index in [9.17, 15) is 0 Å². The molecular formula is C23H36N2O. The molecule has 0 fully saturated rings. The summed E-state index contributed by atoms with van der Waals surface area (Å²) in [5.41, 5.74) is 4.22. The molecule has 144 valence electrons. The molecule has 0 saturated heterocycles. The summed E-state index contributed by atoms with van der Waals surface area (Å²) in [5.74, 6) is 0.655. The van der Waals surface area contributed by atoms with Crippen molar-refractivity contribution in [2.75, 3.05) is 7.11 Å². The number of para-hydroxylation sites is 1. The molecule has 1 heterocycles. The van der Waals surface area contributed by atoms with Crippen molar-refractivity contribution in [2.24, 2.45) is 0 Å². The second kappa shape index (κ2) is 8.37. The van der Waals surface area contributed by atoms with E-state index < -0.39 is 0 Å². The number of unbranched alkanes of at least 4 members (excludes halogenated alkanes) is 3. The highest BCUT2D eigenvalue weighted by molar-refractivity contribution is 5.80. The Morgan fingerprint density at radius 2 is 1.69 bits per heavy atom. The van der Waals surface area contributed by atoms with Gasteiger partial charge in [-0.3, -0.25) is 0 Å². The van der Waals surface area contributed by atoms with Gasteiger partial charge >= 0.3 is 0 Å². The molecule has 0 radical (unpaired) electrons. The van der Waals surface area contributed by atoms with Crippen LogP contribution in [-0.4, -0.2) is 17.1 Å². The van der Waals surface area contributed by atoms with Gasteiger partial charge in [-0.25, -0.2) is 9.97 Å². The van der Waals surface area contributed by atoms with Gasteiger partial charge in [0.25, 0.3) is 0 Å². The lowest BCUT2D eigenvalue weighted by Gasteiger charge is -2.30. The Morgan fingerprint density at radius 3 is 2.27 bits per heavy atom. The van der Waals surface area contributed by atoms with Gasteiger partial charge in [-0.1, -0.05) is 79.4 Å². The first-order chi connectivity index (χ1) is 12.3. The molecule has 0 amide bonds. The van der Waals surface area contributed by atoms with Gasteiger partial charge in [-0.2, -0.15) is 0 Å². The summed E-state index contributed by atoms with van der Waals surface area (Å²) < 4.78 is 5.62. The van der Waals surface area contributed by atoms with Crippen LogP contribution in [0.5, 0.6) is 5.88 Å². The lowest BCUT2D eigenvalue weighted by atomic mass is 9.75. The summed E-state index contributed by atoms with van der Waals surface area (Å²) in [4.78, 5) is 9.88. The molecule has 2 aromatic rings. The van der Waals surface area contributed by atoms with Gasteiger partial charge in [-0.05, 0) is 29.9 Å². The van der Waals surface area contributed by atoms with E-state index in [2.05, 4.69) is 59.7 Å². The number of hydrogen-bond donors (Lipinski definition) is 0. The molecule has 26 heavy (non-hydrogen) atoms. The van der Waals surface area contributed by atoms with Gasteiger partial charge in [0, 0.05) is 5.41 Å². The van der Waals surface area contributed by atoms with Crippen LogP contribution in [0.25, 0.3) is 11.0 Å². The topological polar surface area (TPSA) is 35.0 Å². The van der Waals surface area contributed by atoms with E-state index in [1.807, 2.05) is 0 Å². The van der Waals surface area contributed by atoms with Gasteiger partial charge in [0.2, 0.25) is 5.88 Å². The monoisotopic (exact) mass is 356 g/mol. The first kappa shape index (κ1) is 20.7. The van der Waals surface area contributed by atoms with Crippen LogP contribution in [0.4, 0.5) is 0 Å². The molecule has 0 spiro atoms. The first-order valence-electron chi connectivity index (χ1n) is 10.1. The summed E-state index contributed by atoms with van der Waals surface area (Å²) in [6.07, 6.45) is 7.45. The average Bonchev–Trinajstić information content (AvgIpc) is 2.62. The second-order valence-electron chi connectivity index (χ2n) is 8.73. The van der Waals surface area contributed by atoms with Gasteiger partial charge < -0.3 is 4.74 Å². The summed E-state index contributed by atoms with van der Waals surface area (Å²) in [5, 5.41) is 0. The molecule has 3 nitrogen and oxygen atoms in total. The van der Waals surface area contributed by atoms with Gasteiger partial charge in [0.15, 0.2) is 0 Å². The van der Waals surface area contributed by atoms with Crippen molar-refractivity contribution in [1.29, 1.82) is 0 Å². The predicted octanol–water partition coefficient (Wildman–Crippen LogP) is 6.57. The molecule has 0 saturated carbocycles. The fraction of sp³-hybridized carbons (Fsp3) is 0.652. The molecule has 0 bridgehead atoms. The fourth-order valence-corrected chi connectivity index (χ4v) is 3.62. The second-order valence-corrected chi connectivity index (χ2v) is 8.73. The van der Waals surface area contributed by atoms with Crippen molar-refractivity contribution in [3.63, 3.8) is 0 Å². The molecule has 1 unspecified atom stereocenters. The van der Waals surface area contributed by atoms with Crippen LogP contribution in [0.15, 0.2) is 18.2 Å². The molecule has 1 aromatic carbocycles. The van der Waals surface area contributed by atoms with Crippen molar-refractivity contribution in [3.05, 3.63) is 29.5 Å². The van der Waals surface area contributed by atoms with Crippen molar-refractivity contribution in [2.45, 2.75) is 90.9 Å². The summed E-state index contributed by atoms with van der Waals surface area (Å²) in [6, 6.07) is 6.44. The average molecular weight is 357 g/mol. The van der Waals surface area contributed by atoms with E-state index >= 15 is 0 Å². The number of methoxy groups -OCH3 is 1. The molecular weight excluding hydrogens is 320 g/mol. The molecule has 0 N–H and O–H groups in total. The number of aromatic nitrogens is 2. The SMILES string of the molecule is CCCCCCC(C)(CC)c1cccc2nc(C(C)(C)C)c(OC)nc12. The number of rotatable bonds is 8.